The van der Waals surface area contributed by atoms with Crippen LogP contribution >= 0.6 is 11.6 Å². The average Bonchev–Trinajstić information content (AvgIpc) is 3.21. The van der Waals surface area contributed by atoms with E-state index in [1.807, 2.05) is 31.2 Å². The highest BCUT2D eigenvalue weighted by atomic mass is 35.5. The summed E-state index contributed by atoms with van der Waals surface area (Å²) < 4.78 is 0. The molecular weight excluding hydrogens is 496 g/mol. The molecule has 4 aromatic rings. The first kappa shape index (κ1) is 22.9. The SMILES string of the molecule is Cc1c(Cl)cccc1NC(=O)c1ccc(N2C(=O)[C@H]3C4c5ccccc5C(c5ccccc54)[C@@H]3C2=O)cc1. The third-order valence-electron chi connectivity index (χ3n) is 8.35. The van der Waals surface area contributed by atoms with E-state index in [1.165, 1.54) is 4.90 Å². The maximum Gasteiger partial charge on any atom is 0.255 e. The van der Waals surface area contributed by atoms with Gasteiger partial charge in [0.15, 0.2) is 0 Å². The number of hydrogen-bond donors (Lipinski definition) is 1. The van der Waals surface area contributed by atoms with Gasteiger partial charge in [0.05, 0.1) is 17.5 Å². The highest BCUT2D eigenvalue weighted by Crippen LogP contribution is 2.61. The van der Waals surface area contributed by atoms with Gasteiger partial charge in [-0.25, -0.2) is 4.90 Å². The van der Waals surface area contributed by atoms with Crippen molar-refractivity contribution >= 4 is 40.7 Å². The summed E-state index contributed by atoms with van der Waals surface area (Å²) in [6.45, 7) is 1.84. The molecule has 38 heavy (non-hydrogen) atoms. The molecule has 8 rings (SSSR count). The first-order chi connectivity index (χ1) is 18.5. The summed E-state index contributed by atoms with van der Waals surface area (Å²) in [5.41, 5.74) is 6.89. The molecule has 3 amide bonds. The van der Waals surface area contributed by atoms with E-state index in [2.05, 4.69) is 29.6 Å². The van der Waals surface area contributed by atoms with E-state index in [0.717, 1.165) is 27.8 Å². The van der Waals surface area contributed by atoms with E-state index in [1.54, 1.807) is 42.5 Å². The molecule has 1 N–H and O–H groups in total. The lowest BCUT2D eigenvalue weighted by Gasteiger charge is -2.45. The van der Waals surface area contributed by atoms with Crippen LogP contribution < -0.4 is 10.2 Å². The molecular formula is C32H23ClN2O3. The number of imide groups is 1. The van der Waals surface area contributed by atoms with Gasteiger partial charge in [0.2, 0.25) is 11.8 Å². The number of nitrogens with one attached hydrogen (secondary N) is 1. The molecule has 1 fully saturated rings. The Labute approximate surface area is 225 Å². The van der Waals surface area contributed by atoms with Crippen molar-refractivity contribution in [2.24, 2.45) is 11.8 Å². The predicted octanol–water partition coefficient (Wildman–Crippen LogP) is 6.30. The third kappa shape index (κ3) is 3.15. The zero-order valence-corrected chi connectivity index (χ0v) is 21.3. The van der Waals surface area contributed by atoms with Gasteiger partial charge < -0.3 is 5.32 Å². The normalized spacial score (nSPS) is 22.6. The van der Waals surface area contributed by atoms with E-state index in [-0.39, 0.29) is 29.6 Å². The van der Waals surface area contributed by atoms with Crippen LogP contribution in [0.15, 0.2) is 91.0 Å². The minimum atomic E-state index is -0.439. The Hall–Kier alpha value is -4.22. The Morgan fingerprint density at radius 2 is 1.21 bits per heavy atom. The van der Waals surface area contributed by atoms with Crippen molar-refractivity contribution in [3.8, 4) is 0 Å². The van der Waals surface area contributed by atoms with Crippen molar-refractivity contribution in [2.75, 3.05) is 10.2 Å². The summed E-state index contributed by atoms with van der Waals surface area (Å²) in [6.07, 6.45) is 0. The van der Waals surface area contributed by atoms with Crippen molar-refractivity contribution in [3.63, 3.8) is 0 Å². The smallest absolute Gasteiger partial charge is 0.255 e. The summed E-state index contributed by atoms with van der Waals surface area (Å²) in [5, 5.41) is 3.46. The lowest BCUT2D eigenvalue weighted by Crippen LogP contribution is -2.41. The lowest BCUT2D eigenvalue weighted by atomic mass is 9.55. The minimum absolute atomic E-state index is 0.148. The van der Waals surface area contributed by atoms with Gasteiger partial charge in [-0.05, 0) is 71.1 Å². The van der Waals surface area contributed by atoms with Gasteiger partial charge in [0.1, 0.15) is 0 Å². The number of hydrogen-bond acceptors (Lipinski definition) is 3. The van der Waals surface area contributed by atoms with Gasteiger partial charge in [-0.15, -0.1) is 0 Å². The lowest BCUT2D eigenvalue weighted by molar-refractivity contribution is -0.122. The van der Waals surface area contributed by atoms with Gasteiger partial charge in [0.25, 0.3) is 5.91 Å². The summed E-state index contributed by atoms with van der Waals surface area (Å²) in [6, 6.07) is 28.4. The van der Waals surface area contributed by atoms with Crippen LogP contribution in [0.2, 0.25) is 5.02 Å². The molecule has 0 radical (unpaired) electrons. The summed E-state index contributed by atoms with van der Waals surface area (Å²) >= 11 is 6.18. The van der Waals surface area contributed by atoms with Crippen LogP contribution in [0.3, 0.4) is 0 Å². The Kier molecular flexibility index (Phi) is 5.07. The maximum atomic E-state index is 13.9. The molecule has 1 aliphatic heterocycles. The summed E-state index contributed by atoms with van der Waals surface area (Å²) in [7, 11) is 0. The zero-order valence-electron chi connectivity index (χ0n) is 20.5. The predicted molar refractivity (Wildman–Crippen MR) is 147 cm³/mol. The van der Waals surface area contributed by atoms with Gasteiger partial charge in [-0.2, -0.15) is 0 Å². The number of benzene rings is 4. The number of amides is 3. The molecule has 2 bridgehead atoms. The molecule has 4 aliphatic rings. The molecule has 186 valence electrons. The fraction of sp³-hybridized carbons (Fsp3) is 0.156. The second kappa shape index (κ2) is 8.40. The Bertz CT molecular complexity index is 1550. The van der Waals surface area contributed by atoms with Gasteiger partial charge >= 0.3 is 0 Å². The molecule has 6 heteroatoms. The molecule has 5 nitrogen and oxygen atoms in total. The van der Waals surface area contributed by atoms with Crippen molar-refractivity contribution in [2.45, 2.75) is 18.8 Å². The van der Waals surface area contributed by atoms with Crippen LogP contribution in [-0.2, 0) is 9.59 Å². The van der Waals surface area contributed by atoms with Crippen molar-refractivity contribution in [1.82, 2.24) is 0 Å². The van der Waals surface area contributed by atoms with Crippen LogP contribution in [0.1, 0.15) is 50.0 Å². The molecule has 0 saturated carbocycles. The quantitative estimate of drug-likeness (QED) is 0.324. The summed E-state index contributed by atoms with van der Waals surface area (Å²) in [4.78, 5) is 42.0. The van der Waals surface area contributed by atoms with Crippen LogP contribution in [0.4, 0.5) is 11.4 Å². The second-order valence-electron chi connectivity index (χ2n) is 10.2. The van der Waals surface area contributed by atoms with Gasteiger partial charge in [-0.3, -0.25) is 14.4 Å². The molecule has 1 heterocycles. The first-order valence-corrected chi connectivity index (χ1v) is 13.1. The maximum absolute atomic E-state index is 13.9. The molecule has 2 atom stereocenters. The van der Waals surface area contributed by atoms with Gasteiger partial charge in [-0.1, -0.05) is 66.2 Å². The topological polar surface area (TPSA) is 66.5 Å². The molecule has 1 saturated heterocycles. The number of anilines is 2. The van der Waals surface area contributed by atoms with Crippen LogP contribution in [0, 0.1) is 18.8 Å². The van der Waals surface area contributed by atoms with E-state index in [0.29, 0.717) is 22.0 Å². The second-order valence-corrected chi connectivity index (χ2v) is 10.6. The molecule has 0 spiro atoms. The van der Waals surface area contributed by atoms with E-state index in [9.17, 15) is 14.4 Å². The summed E-state index contributed by atoms with van der Waals surface area (Å²) in [5.74, 6) is -1.82. The van der Waals surface area contributed by atoms with Crippen molar-refractivity contribution < 1.29 is 14.4 Å². The highest BCUT2D eigenvalue weighted by Gasteiger charge is 2.61. The molecule has 4 aromatic carbocycles. The zero-order chi connectivity index (χ0) is 26.1. The van der Waals surface area contributed by atoms with E-state index < -0.39 is 11.8 Å². The monoisotopic (exact) mass is 518 g/mol. The van der Waals surface area contributed by atoms with Crippen molar-refractivity contribution in [3.05, 3.63) is 129 Å². The van der Waals surface area contributed by atoms with Crippen LogP contribution in [-0.4, -0.2) is 17.7 Å². The van der Waals surface area contributed by atoms with E-state index in [4.69, 9.17) is 11.6 Å². The fourth-order valence-electron chi connectivity index (χ4n) is 6.63. The van der Waals surface area contributed by atoms with Crippen molar-refractivity contribution in [1.29, 1.82) is 0 Å². The fourth-order valence-corrected chi connectivity index (χ4v) is 6.81. The third-order valence-corrected chi connectivity index (χ3v) is 8.76. The molecule has 3 aliphatic carbocycles. The van der Waals surface area contributed by atoms with Crippen LogP contribution in [0.25, 0.3) is 0 Å². The molecule has 0 aromatic heterocycles. The first-order valence-electron chi connectivity index (χ1n) is 12.7. The number of carbonyl (C=O) groups is 3. The number of nitrogens with zero attached hydrogens (tertiary/aromatic N) is 1. The average molecular weight is 519 g/mol. The Morgan fingerprint density at radius 1 is 0.711 bits per heavy atom. The van der Waals surface area contributed by atoms with Gasteiger partial charge in [0, 0.05) is 28.1 Å². The number of rotatable bonds is 3. The molecule has 0 unspecified atom stereocenters. The number of carbonyl (C=O) groups excluding carboxylic acids is 3. The van der Waals surface area contributed by atoms with E-state index >= 15 is 0 Å². The Balaban J connectivity index is 1.21. The standard InChI is InChI=1S/C32H23ClN2O3/c1-17-24(33)11-6-12-25(17)34-30(36)18-13-15-19(16-14-18)35-31(37)28-26-20-7-2-3-8-21(20)27(29(28)32(35)38)23-10-5-4-9-22(23)26/h2-16,26-29H,1H3,(H,34,36)/t26?,27?,28-,29-/m0/s1. The Morgan fingerprint density at radius 3 is 1.71 bits per heavy atom. The van der Waals surface area contributed by atoms with Crippen LogP contribution in [0.5, 0.6) is 0 Å². The minimum Gasteiger partial charge on any atom is -0.322 e. The number of halogens is 1. The largest absolute Gasteiger partial charge is 0.322 e. The highest BCUT2D eigenvalue weighted by molar-refractivity contribution is 6.31.